The number of amides is 1. The predicted octanol–water partition coefficient (Wildman–Crippen LogP) is 3.83. The Bertz CT molecular complexity index is 626. The van der Waals surface area contributed by atoms with Gasteiger partial charge >= 0.3 is 0 Å². The fourth-order valence-corrected chi connectivity index (χ4v) is 2.51. The molecule has 0 unspecified atom stereocenters. The van der Waals surface area contributed by atoms with Gasteiger partial charge in [-0.05, 0) is 37.1 Å². The highest BCUT2D eigenvalue weighted by atomic mass is 79.9. The SMILES string of the molecule is Cc1c(N)cc(Br)cc1C(=O)N[C@@H](C)c1ccccc1. The van der Waals surface area contributed by atoms with Gasteiger partial charge in [0, 0.05) is 15.7 Å². The molecule has 0 saturated heterocycles. The van der Waals surface area contributed by atoms with E-state index in [2.05, 4.69) is 21.2 Å². The number of benzene rings is 2. The highest BCUT2D eigenvalue weighted by Crippen LogP contribution is 2.23. The number of nitrogen functional groups attached to an aromatic ring is 1. The molecule has 0 aliphatic rings. The molecule has 2 aromatic carbocycles. The van der Waals surface area contributed by atoms with Crippen molar-refractivity contribution in [3.63, 3.8) is 0 Å². The maximum Gasteiger partial charge on any atom is 0.252 e. The van der Waals surface area contributed by atoms with Gasteiger partial charge < -0.3 is 11.1 Å². The summed E-state index contributed by atoms with van der Waals surface area (Å²) >= 11 is 3.37. The van der Waals surface area contributed by atoms with Crippen molar-refractivity contribution in [2.45, 2.75) is 19.9 Å². The van der Waals surface area contributed by atoms with Crippen molar-refractivity contribution < 1.29 is 4.79 Å². The van der Waals surface area contributed by atoms with E-state index in [9.17, 15) is 4.79 Å². The van der Waals surface area contributed by atoms with Crippen LogP contribution in [0.3, 0.4) is 0 Å². The fourth-order valence-electron chi connectivity index (χ4n) is 2.04. The summed E-state index contributed by atoms with van der Waals surface area (Å²) in [6.07, 6.45) is 0. The lowest BCUT2D eigenvalue weighted by molar-refractivity contribution is 0.0939. The average Bonchev–Trinajstić information content (AvgIpc) is 2.43. The number of nitrogens with two attached hydrogens (primary N) is 1. The smallest absolute Gasteiger partial charge is 0.252 e. The fraction of sp³-hybridized carbons (Fsp3) is 0.188. The molecule has 0 heterocycles. The molecule has 20 heavy (non-hydrogen) atoms. The summed E-state index contributed by atoms with van der Waals surface area (Å²) in [7, 11) is 0. The van der Waals surface area contributed by atoms with Crippen LogP contribution in [0.15, 0.2) is 46.9 Å². The molecule has 0 aliphatic heterocycles. The van der Waals surface area contributed by atoms with E-state index in [0.717, 1.165) is 15.6 Å². The Morgan fingerprint density at radius 3 is 2.55 bits per heavy atom. The summed E-state index contributed by atoms with van der Waals surface area (Å²) in [5, 5.41) is 2.99. The van der Waals surface area contributed by atoms with Crippen LogP contribution in [0.5, 0.6) is 0 Å². The van der Waals surface area contributed by atoms with Crippen LogP contribution >= 0.6 is 15.9 Å². The molecule has 0 fully saturated rings. The molecule has 104 valence electrons. The minimum absolute atomic E-state index is 0.0525. The Morgan fingerprint density at radius 2 is 1.90 bits per heavy atom. The first-order valence-corrected chi connectivity index (χ1v) is 7.19. The minimum atomic E-state index is -0.119. The van der Waals surface area contributed by atoms with E-state index in [1.54, 1.807) is 12.1 Å². The molecule has 0 aromatic heterocycles. The van der Waals surface area contributed by atoms with Crippen molar-refractivity contribution in [3.8, 4) is 0 Å². The number of carbonyl (C=O) groups excluding carboxylic acids is 1. The molecule has 2 rings (SSSR count). The molecule has 0 radical (unpaired) electrons. The predicted molar refractivity (Wildman–Crippen MR) is 85.6 cm³/mol. The zero-order chi connectivity index (χ0) is 14.7. The summed E-state index contributed by atoms with van der Waals surface area (Å²) < 4.78 is 0.804. The van der Waals surface area contributed by atoms with Gasteiger partial charge in [-0.15, -0.1) is 0 Å². The molecule has 4 heteroatoms. The van der Waals surface area contributed by atoms with E-state index in [0.29, 0.717) is 11.3 Å². The van der Waals surface area contributed by atoms with Crippen LogP contribution in [-0.4, -0.2) is 5.91 Å². The monoisotopic (exact) mass is 332 g/mol. The van der Waals surface area contributed by atoms with Crippen LogP contribution in [0.25, 0.3) is 0 Å². The number of halogens is 1. The maximum absolute atomic E-state index is 12.4. The summed E-state index contributed by atoms with van der Waals surface area (Å²) in [5.74, 6) is -0.119. The van der Waals surface area contributed by atoms with Crippen molar-refractivity contribution >= 4 is 27.5 Å². The molecule has 3 N–H and O–H groups in total. The molecule has 1 atom stereocenters. The number of hydrogen-bond acceptors (Lipinski definition) is 2. The molecule has 1 amide bonds. The number of nitrogens with one attached hydrogen (secondary N) is 1. The second-order valence-electron chi connectivity index (χ2n) is 4.77. The Labute approximate surface area is 127 Å². The molecule has 3 nitrogen and oxygen atoms in total. The molecular formula is C16H17BrN2O. The highest BCUT2D eigenvalue weighted by Gasteiger charge is 2.15. The Morgan fingerprint density at radius 1 is 1.25 bits per heavy atom. The van der Waals surface area contributed by atoms with Gasteiger partial charge in [-0.2, -0.15) is 0 Å². The van der Waals surface area contributed by atoms with Gasteiger partial charge in [0.1, 0.15) is 0 Å². The van der Waals surface area contributed by atoms with E-state index >= 15 is 0 Å². The number of anilines is 1. The van der Waals surface area contributed by atoms with Gasteiger partial charge in [-0.3, -0.25) is 4.79 Å². The van der Waals surface area contributed by atoms with Crippen molar-refractivity contribution in [3.05, 3.63) is 63.6 Å². The second kappa shape index (κ2) is 6.09. The van der Waals surface area contributed by atoms with E-state index in [1.165, 1.54) is 0 Å². The van der Waals surface area contributed by atoms with E-state index in [4.69, 9.17) is 5.73 Å². The van der Waals surface area contributed by atoms with Gasteiger partial charge in [0.25, 0.3) is 5.91 Å². The molecule has 0 saturated carbocycles. The lowest BCUT2D eigenvalue weighted by Crippen LogP contribution is -2.27. The van der Waals surface area contributed by atoms with Crippen molar-refractivity contribution in [2.24, 2.45) is 0 Å². The van der Waals surface area contributed by atoms with Crippen LogP contribution in [0.1, 0.15) is 34.5 Å². The number of carbonyl (C=O) groups is 1. The van der Waals surface area contributed by atoms with Gasteiger partial charge in [-0.1, -0.05) is 46.3 Å². The molecule has 0 spiro atoms. The van der Waals surface area contributed by atoms with Crippen LogP contribution in [0.2, 0.25) is 0 Å². The quantitative estimate of drug-likeness (QED) is 0.839. The third kappa shape index (κ3) is 3.20. The topological polar surface area (TPSA) is 55.1 Å². The highest BCUT2D eigenvalue weighted by molar-refractivity contribution is 9.10. The third-order valence-corrected chi connectivity index (χ3v) is 3.76. The van der Waals surface area contributed by atoms with Crippen LogP contribution in [-0.2, 0) is 0 Å². The van der Waals surface area contributed by atoms with Gasteiger partial charge in [0.05, 0.1) is 6.04 Å². The second-order valence-corrected chi connectivity index (χ2v) is 5.69. The van der Waals surface area contributed by atoms with Gasteiger partial charge in [0.2, 0.25) is 0 Å². The lowest BCUT2D eigenvalue weighted by atomic mass is 10.0. The Kier molecular flexibility index (Phi) is 4.45. The number of rotatable bonds is 3. The maximum atomic E-state index is 12.4. The molecular weight excluding hydrogens is 316 g/mol. The Balaban J connectivity index is 2.21. The van der Waals surface area contributed by atoms with E-state index < -0.39 is 0 Å². The van der Waals surface area contributed by atoms with E-state index in [1.807, 2.05) is 44.2 Å². The zero-order valence-electron chi connectivity index (χ0n) is 11.5. The first-order valence-electron chi connectivity index (χ1n) is 6.40. The van der Waals surface area contributed by atoms with E-state index in [-0.39, 0.29) is 11.9 Å². The standard InChI is InChI=1S/C16H17BrN2O/c1-10-14(8-13(17)9-15(10)18)16(20)19-11(2)12-6-4-3-5-7-12/h3-9,11H,18H2,1-2H3,(H,19,20)/t11-/m0/s1. The number of hydrogen-bond donors (Lipinski definition) is 2. The zero-order valence-corrected chi connectivity index (χ0v) is 13.1. The van der Waals surface area contributed by atoms with Crippen molar-refractivity contribution in [2.75, 3.05) is 5.73 Å². The lowest BCUT2D eigenvalue weighted by Gasteiger charge is -2.16. The summed E-state index contributed by atoms with van der Waals surface area (Å²) in [4.78, 5) is 12.4. The normalized spacial score (nSPS) is 11.9. The van der Waals surface area contributed by atoms with Gasteiger partial charge in [0.15, 0.2) is 0 Å². The van der Waals surface area contributed by atoms with Crippen molar-refractivity contribution in [1.82, 2.24) is 5.32 Å². The minimum Gasteiger partial charge on any atom is -0.398 e. The van der Waals surface area contributed by atoms with Crippen LogP contribution in [0, 0.1) is 6.92 Å². The first-order chi connectivity index (χ1) is 9.49. The van der Waals surface area contributed by atoms with Crippen molar-refractivity contribution in [1.29, 1.82) is 0 Å². The van der Waals surface area contributed by atoms with Crippen LogP contribution < -0.4 is 11.1 Å². The largest absolute Gasteiger partial charge is 0.398 e. The third-order valence-electron chi connectivity index (χ3n) is 3.30. The summed E-state index contributed by atoms with van der Waals surface area (Å²) in [5.41, 5.74) is 8.96. The first kappa shape index (κ1) is 14.6. The summed E-state index contributed by atoms with van der Waals surface area (Å²) in [6, 6.07) is 13.4. The molecule has 0 aliphatic carbocycles. The molecule has 0 bridgehead atoms. The summed E-state index contributed by atoms with van der Waals surface area (Å²) in [6.45, 7) is 3.81. The van der Waals surface area contributed by atoms with Gasteiger partial charge in [-0.25, -0.2) is 0 Å². The average molecular weight is 333 g/mol. The molecule has 2 aromatic rings. The Hall–Kier alpha value is -1.81. The van der Waals surface area contributed by atoms with Crippen LogP contribution in [0.4, 0.5) is 5.69 Å².